The number of nitrogens with zero attached hydrogens (tertiary/aromatic N) is 5. The normalized spacial score (nSPS) is 22.0. The Kier molecular flexibility index (Phi) is 8.26. The fourth-order valence-corrected chi connectivity index (χ4v) is 8.29. The van der Waals surface area contributed by atoms with Crippen LogP contribution in [0.3, 0.4) is 0 Å². The highest BCUT2D eigenvalue weighted by atomic mass is 16.2. The number of imide groups is 1. The Morgan fingerprint density at radius 1 is 0.959 bits per heavy atom. The van der Waals surface area contributed by atoms with Crippen LogP contribution in [0, 0.1) is 11.3 Å². The molecule has 0 saturated carbocycles. The highest BCUT2D eigenvalue weighted by Gasteiger charge is 2.31. The summed E-state index contributed by atoms with van der Waals surface area (Å²) in [6.07, 6.45) is 7.94. The minimum Gasteiger partial charge on any atom is -0.354 e. The highest BCUT2D eigenvalue weighted by Crippen LogP contribution is 2.38. The SMILES string of the molecule is CC1(C)CCc2c(-c3cc4ccc(C(=O)N5CCC(CN6CCN(c7ccc(C8CCC(=O)NC8=O)cn7)CC6)CC5)cc4[nH]3)n[nH]c2C1. The Hall–Kier alpha value is -4.51. The molecule has 1 aliphatic carbocycles. The van der Waals surface area contributed by atoms with Crippen molar-refractivity contribution in [1.29, 1.82) is 0 Å². The number of nitrogens with one attached hydrogen (secondary N) is 3. The second kappa shape index (κ2) is 12.7. The lowest BCUT2D eigenvalue weighted by Gasteiger charge is -2.39. The largest absolute Gasteiger partial charge is 0.354 e. The van der Waals surface area contributed by atoms with Crippen molar-refractivity contribution in [2.75, 3.05) is 50.7 Å². The monoisotopic (exact) mass is 662 g/mol. The van der Waals surface area contributed by atoms with Crippen LogP contribution in [-0.4, -0.2) is 93.5 Å². The van der Waals surface area contributed by atoms with Gasteiger partial charge in [0.1, 0.15) is 11.5 Å². The van der Waals surface area contributed by atoms with Crippen molar-refractivity contribution in [1.82, 2.24) is 35.3 Å². The number of benzene rings is 1. The molecule has 3 amide bonds. The number of rotatable bonds is 6. The van der Waals surface area contributed by atoms with Gasteiger partial charge in [0.25, 0.3) is 5.91 Å². The standard InChI is InChI=1S/C38H46N8O3/c1-38(2)12-9-29-32(21-38)42-43-35(29)31-19-25-3-4-26(20-30(25)40-31)37(49)46-13-10-24(11-14-46)23-44-15-17-45(18-16-44)33-7-5-27(22-39-33)28-6-8-34(47)41-36(28)48/h3-5,7,19-20,22,24,28,40H,6,8-18,21,23H2,1-2H3,(H,42,43)(H,41,47,48). The lowest BCUT2D eigenvalue weighted by Crippen LogP contribution is -2.49. The van der Waals surface area contributed by atoms with Crippen molar-refractivity contribution in [3.05, 3.63) is 65.0 Å². The van der Waals surface area contributed by atoms with Crippen LogP contribution >= 0.6 is 0 Å². The van der Waals surface area contributed by atoms with Crippen LogP contribution in [0.5, 0.6) is 0 Å². The number of H-pyrrole nitrogens is 2. The number of hydrogen-bond donors (Lipinski definition) is 3. The van der Waals surface area contributed by atoms with E-state index in [9.17, 15) is 14.4 Å². The van der Waals surface area contributed by atoms with Gasteiger partial charge in [0.2, 0.25) is 11.8 Å². The van der Waals surface area contributed by atoms with Gasteiger partial charge in [0.15, 0.2) is 0 Å². The molecule has 3 aromatic heterocycles. The summed E-state index contributed by atoms with van der Waals surface area (Å²) < 4.78 is 0. The Labute approximate surface area is 286 Å². The van der Waals surface area contributed by atoms with Crippen LogP contribution in [-0.2, 0) is 22.4 Å². The van der Waals surface area contributed by atoms with Crippen LogP contribution in [0.4, 0.5) is 5.82 Å². The molecule has 0 spiro atoms. The molecule has 11 nitrogen and oxygen atoms in total. The molecule has 3 N–H and O–H groups in total. The first kappa shape index (κ1) is 31.7. The van der Waals surface area contributed by atoms with E-state index in [4.69, 9.17) is 0 Å². The van der Waals surface area contributed by atoms with Crippen molar-refractivity contribution in [3.63, 3.8) is 0 Å². The highest BCUT2D eigenvalue weighted by molar-refractivity contribution is 6.01. The van der Waals surface area contributed by atoms with Crippen molar-refractivity contribution in [2.45, 2.75) is 64.7 Å². The summed E-state index contributed by atoms with van der Waals surface area (Å²) in [4.78, 5) is 52.4. The van der Waals surface area contributed by atoms with Gasteiger partial charge >= 0.3 is 0 Å². The number of carbonyl (C=O) groups excluding carboxylic acids is 3. The summed E-state index contributed by atoms with van der Waals surface area (Å²) in [5, 5.41) is 11.5. The molecule has 6 heterocycles. The Morgan fingerprint density at radius 3 is 2.53 bits per heavy atom. The van der Waals surface area contributed by atoms with Gasteiger partial charge in [-0.3, -0.25) is 29.7 Å². The third kappa shape index (κ3) is 6.48. The van der Waals surface area contributed by atoms with Crippen molar-refractivity contribution >= 4 is 34.4 Å². The topological polar surface area (TPSA) is 130 Å². The summed E-state index contributed by atoms with van der Waals surface area (Å²) in [7, 11) is 0. The van der Waals surface area contributed by atoms with Gasteiger partial charge in [-0.25, -0.2) is 4.98 Å². The predicted molar refractivity (Wildman–Crippen MR) is 188 cm³/mol. The van der Waals surface area contributed by atoms with Gasteiger partial charge in [-0.1, -0.05) is 26.0 Å². The van der Waals surface area contributed by atoms with E-state index in [2.05, 4.69) is 61.3 Å². The van der Waals surface area contributed by atoms with E-state index in [1.165, 1.54) is 11.3 Å². The molecular formula is C38H46N8O3. The summed E-state index contributed by atoms with van der Waals surface area (Å²) in [6, 6.07) is 12.2. The van der Waals surface area contributed by atoms with E-state index < -0.39 is 0 Å². The van der Waals surface area contributed by atoms with E-state index >= 15 is 0 Å². The van der Waals surface area contributed by atoms with E-state index in [1.807, 2.05) is 29.2 Å². The van der Waals surface area contributed by atoms with E-state index in [1.54, 1.807) is 6.20 Å². The van der Waals surface area contributed by atoms with Crippen LogP contribution in [0.25, 0.3) is 22.3 Å². The zero-order chi connectivity index (χ0) is 33.7. The van der Waals surface area contributed by atoms with Crippen LogP contribution in [0.1, 0.15) is 79.0 Å². The molecular weight excluding hydrogens is 616 g/mol. The minimum atomic E-state index is -0.305. The molecule has 1 atom stereocenters. The fourth-order valence-electron chi connectivity index (χ4n) is 8.29. The molecule has 11 heteroatoms. The average molecular weight is 663 g/mol. The number of fused-ring (bicyclic) bond motifs is 2. The van der Waals surface area contributed by atoms with Gasteiger partial charge in [-0.05, 0) is 79.7 Å². The molecule has 3 aliphatic heterocycles. The third-order valence-corrected chi connectivity index (χ3v) is 11.3. The van der Waals surface area contributed by atoms with E-state index in [0.717, 1.165) is 117 Å². The number of hydrogen-bond acceptors (Lipinski definition) is 7. The predicted octanol–water partition coefficient (Wildman–Crippen LogP) is 4.66. The van der Waals surface area contributed by atoms with Crippen LogP contribution < -0.4 is 10.2 Å². The first-order valence-corrected chi connectivity index (χ1v) is 17.9. The quantitative estimate of drug-likeness (QED) is 0.256. The summed E-state index contributed by atoms with van der Waals surface area (Å²) in [5.74, 6) is 0.895. The molecule has 1 unspecified atom stereocenters. The molecule has 256 valence electrons. The number of anilines is 1. The molecule has 3 fully saturated rings. The number of aromatic amines is 2. The van der Waals surface area contributed by atoms with E-state index in [-0.39, 0.29) is 23.6 Å². The zero-order valence-electron chi connectivity index (χ0n) is 28.6. The molecule has 4 aromatic rings. The summed E-state index contributed by atoms with van der Waals surface area (Å²) in [5.41, 5.74) is 7.47. The number of piperidine rings is 2. The average Bonchev–Trinajstić information content (AvgIpc) is 3.71. The van der Waals surface area contributed by atoms with Gasteiger partial charge in [0.05, 0.1) is 11.6 Å². The Balaban J connectivity index is 0.820. The number of carbonyl (C=O) groups is 3. The van der Waals surface area contributed by atoms with E-state index in [0.29, 0.717) is 24.2 Å². The number of piperazine rings is 1. The van der Waals surface area contributed by atoms with Gasteiger partial charge in [0, 0.05) is 86.2 Å². The van der Waals surface area contributed by atoms with Crippen LogP contribution in [0.15, 0.2) is 42.6 Å². The van der Waals surface area contributed by atoms with Crippen molar-refractivity contribution in [2.24, 2.45) is 11.3 Å². The molecule has 49 heavy (non-hydrogen) atoms. The number of aromatic nitrogens is 4. The third-order valence-electron chi connectivity index (χ3n) is 11.3. The lowest BCUT2D eigenvalue weighted by molar-refractivity contribution is -0.134. The number of amides is 3. The number of likely N-dealkylation sites (tertiary alicyclic amines) is 1. The maximum absolute atomic E-state index is 13.6. The molecule has 3 saturated heterocycles. The van der Waals surface area contributed by atoms with Crippen molar-refractivity contribution in [3.8, 4) is 11.4 Å². The molecule has 0 radical (unpaired) electrons. The van der Waals surface area contributed by atoms with Gasteiger partial charge in [-0.2, -0.15) is 5.10 Å². The minimum absolute atomic E-state index is 0.112. The zero-order valence-corrected chi connectivity index (χ0v) is 28.6. The Morgan fingerprint density at radius 2 is 1.78 bits per heavy atom. The van der Waals surface area contributed by atoms with Gasteiger partial charge in [-0.15, -0.1) is 0 Å². The smallest absolute Gasteiger partial charge is 0.253 e. The summed E-state index contributed by atoms with van der Waals surface area (Å²) in [6.45, 7) is 11.0. The molecule has 4 aliphatic rings. The lowest BCUT2D eigenvalue weighted by atomic mass is 9.76. The molecule has 1 aromatic carbocycles. The van der Waals surface area contributed by atoms with Crippen molar-refractivity contribution < 1.29 is 14.4 Å². The van der Waals surface area contributed by atoms with Crippen LogP contribution in [0.2, 0.25) is 0 Å². The second-order valence-corrected chi connectivity index (χ2v) is 15.3. The molecule has 0 bridgehead atoms. The second-order valence-electron chi connectivity index (χ2n) is 15.3. The maximum atomic E-state index is 13.6. The number of pyridine rings is 1. The first-order chi connectivity index (χ1) is 23.7. The molecule has 8 rings (SSSR count). The summed E-state index contributed by atoms with van der Waals surface area (Å²) >= 11 is 0. The van der Waals surface area contributed by atoms with Gasteiger partial charge < -0.3 is 14.8 Å². The first-order valence-electron chi connectivity index (χ1n) is 17.9. The Bertz CT molecular complexity index is 1880. The maximum Gasteiger partial charge on any atom is 0.253 e. The fraction of sp³-hybridized carbons (Fsp3) is 0.500.